The van der Waals surface area contributed by atoms with Crippen LogP contribution in [0, 0.1) is 5.92 Å². The molecule has 2 amide bonds. The van der Waals surface area contributed by atoms with Gasteiger partial charge in [-0.3, -0.25) is 9.59 Å². The zero-order valence-electron chi connectivity index (χ0n) is 18.4. The van der Waals surface area contributed by atoms with E-state index in [9.17, 15) is 9.59 Å². The number of anilines is 2. The van der Waals surface area contributed by atoms with Crippen LogP contribution in [0.4, 0.5) is 11.6 Å². The van der Waals surface area contributed by atoms with Gasteiger partial charge >= 0.3 is 0 Å². The molecule has 2 aliphatic heterocycles. The lowest BCUT2D eigenvalue weighted by Gasteiger charge is -2.34. The molecule has 3 rings (SSSR count). The molecule has 30 heavy (non-hydrogen) atoms. The van der Waals surface area contributed by atoms with Crippen LogP contribution in [0.3, 0.4) is 0 Å². The van der Waals surface area contributed by atoms with E-state index in [0.717, 1.165) is 62.2 Å². The van der Waals surface area contributed by atoms with Crippen molar-refractivity contribution in [1.82, 2.24) is 19.8 Å². The fourth-order valence-corrected chi connectivity index (χ4v) is 4.96. The van der Waals surface area contributed by atoms with Crippen molar-refractivity contribution in [3.63, 3.8) is 0 Å². The van der Waals surface area contributed by atoms with E-state index in [2.05, 4.69) is 19.8 Å². The number of rotatable bonds is 7. The van der Waals surface area contributed by atoms with Crippen molar-refractivity contribution in [2.45, 2.75) is 26.7 Å². The van der Waals surface area contributed by atoms with Gasteiger partial charge in [0.1, 0.15) is 0 Å². The van der Waals surface area contributed by atoms with Crippen molar-refractivity contribution in [1.29, 1.82) is 0 Å². The maximum absolute atomic E-state index is 12.8. The zero-order chi connectivity index (χ0) is 21.5. The molecule has 0 atom stereocenters. The summed E-state index contributed by atoms with van der Waals surface area (Å²) in [5, 5.41) is 0. The maximum atomic E-state index is 12.8. The van der Waals surface area contributed by atoms with Crippen molar-refractivity contribution in [3.05, 3.63) is 12.4 Å². The fraction of sp³-hybridized carbons (Fsp3) is 0.714. The van der Waals surface area contributed by atoms with Crippen molar-refractivity contribution in [3.8, 4) is 0 Å². The quantitative estimate of drug-likeness (QED) is 0.645. The highest BCUT2D eigenvalue weighted by atomic mass is 32.2. The first-order chi connectivity index (χ1) is 14.5. The standard InChI is InChI=1S/C21H34N6O2S/c1-4-25(5-2)19(28)16-24(3)20(29)17-6-8-26(9-7-17)18-14-22-21(23-15-18)27-10-12-30-13-11-27/h14-15,17H,4-13,16H2,1-3H3. The molecular formula is C21H34N6O2S. The van der Waals surface area contributed by atoms with Crippen molar-refractivity contribution < 1.29 is 9.59 Å². The lowest BCUT2D eigenvalue weighted by Crippen LogP contribution is -2.45. The monoisotopic (exact) mass is 434 g/mol. The molecule has 1 aromatic rings. The predicted octanol–water partition coefficient (Wildman–Crippen LogP) is 1.57. The highest BCUT2D eigenvalue weighted by Gasteiger charge is 2.29. The van der Waals surface area contributed by atoms with E-state index in [1.54, 1.807) is 16.8 Å². The largest absolute Gasteiger partial charge is 0.369 e. The molecule has 2 aliphatic rings. The second-order valence-corrected chi connectivity index (χ2v) is 9.09. The van der Waals surface area contributed by atoms with Gasteiger partial charge in [-0.05, 0) is 26.7 Å². The second-order valence-electron chi connectivity index (χ2n) is 7.86. The highest BCUT2D eigenvalue weighted by Crippen LogP contribution is 2.25. The number of hydrogen-bond donors (Lipinski definition) is 0. The van der Waals surface area contributed by atoms with Gasteiger partial charge in [-0.15, -0.1) is 0 Å². The van der Waals surface area contributed by atoms with Crippen molar-refractivity contribution in [2.24, 2.45) is 5.92 Å². The first-order valence-corrected chi connectivity index (χ1v) is 12.1. The van der Waals surface area contributed by atoms with E-state index < -0.39 is 0 Å². The Morgan fingerprint density at radius 2 is 1.63 bits per heavy atom. The van der Waals surface area contributed by atoms with Crippen molar-refractivity contribution in [2.75, 3.05) is 74.2 Å². The van der Waals surface area contributed by atoms with Crippen LogP contribution < -0.4 is 9.80 Å². The molecule has 0 spiro atoms. The number of carbonyl (C=O) groups is 2. The number of likely N-dealkylation sites (N-methyl/N-ethyl adjacent to an activating group) is 2. The van der Waals surface area contributed by atoms with Crippen LogP contribution in [0.15, 0.2) is 12.4 Å². The number of amides is 2. The molecule has 0 radical (unpaired) electrons. The molecule has 9 heteroatoms. The van der Waals surface area contributed by atoms with Gasteiger partial charge in [0, 0.05) is 63.7 Å². The predicted molar refractivity (Wildman–Crippen MR) is 122 cm³/mol. The molecule has 0 unspecified atom stereocenters. The Labute approximate surface area is 184 Å². The number of piperidine rings is 1. The van der Waals surface area contributed by atoms with Gasteiger partial charge in [0.15, 0.2) is 0 Å². The van der Waals surface area contributed by atoms with E-state index in [4.69, 9.17) is 0 Å². The van der Waals surface area contributed by atoms with Gasteiger partial charge in [-0.25, -0.2) is 9.97 Å². The first kappa shape index (κ1) is 22.7. The average molecular weight is 435 g/mol. The van der Waals surface area contributed by atoms with Gasteiger partial charge < -0.3 is 19.6 Å². The third kappa shape index (κ3) is 5.56. The van der Waals surface area contributed by atoms with E-state index >= 15 is 0 Å². The summed E-state index contributed by atoms with van der Waals surface area (Å²) in [5.41, 5.74) is 1.01. The Balaban J connectivity index is 1.49. The Bertz CT molecular complexity index is 698. The van der Waals surface area contributed by atoms with Crippen LogP contribution in [-0.2, 0) is 9.59 Å². The van der Waals surface area contributed by atoms with E-state index in [0.29, 0.717) is 13.1 Å². The Morgan fingerprint density at radius 1 is 1.03 bits per heavy atom. The SMILES string of the molecule is CCN(CC)C(=O)CN(C)C(=O)C1CCN(c2cnc(N3CCSCC3)nc2)CC1. The van der Waals surface area contributed by atoms with E-state index in [-0.39, 0.29) is 24.3 Å². The molecule has 0 aliphatic carbocycles. The van der Waals surface area contributed by atoms with Gasteiger partial charge in [0.25, 0.3) is 0 Å². The normalized spacial score (nSPS) is 17.7. The number of aromatic nitrogens is 2. The molecule has 0 N–H and O–H groups in total. The average Bonchev–Trinajstić information content (AvgIpc) is 2.80. The molecule has 2 saturated heterocycles. The molecule has 166 valence electrons. The van der Waals surface area contributed by atoms with Gasteiger partial charge in [-0.1, -0.05) is 0 Å². The third-order valence-corrected chi connectivity index (χ3v) is 6.94. The summed E-state index contributed by atoms with van der Waals surface area (Å²) >= 11 is 1.97. The van der Waals surface area contributed by atoms with Gasteiger partial charge in [0.2, 0.25) is 17.8 Å². The lowest BCUT2D eigenvalue weighted by molar-refractivity contribution is -0.141. The van der Waals surface area contributed by atoms with Crippen LogP contribution in [0.5, 0.6) is 0 Å². The third-order valence-electron chi connectivity index (χ3n) is 5.99. The van der Waals surface area contributed by atoms with E-state index in [1.807, 2.05) is 38.0 Å². The summed E-state index contributed by atoms with van der Waals surface area (Å²) in [7, 11) is 1.74. The molecule has 0 saturated carbocycles. The smallest absolute Gasteiger partial charge is 0.242 e. The minimum absolute atomic E-state index is 0.0119. The van der Waals surface area contributed by atoms with Crippen LogP contribution in [-0.4, -0.2) is 95.9 Å². The Kier molecular flexibility index (Phi) is 8.18. The number of hydrogen-bond acceptors (Lipinski definition) is 7. The van der Waals surface area contributed by atoms with Crippen LogP contribution in [0.2, 0.25) is 0 Å². The Hall–Kier alpha value is -2.03. The molecule has 0 aromatic carbocycles. The van der Waals surface area contributed by atoms with Gasteiger partial charge in [-0.2, -0.15) is 11.8 Å². The van der Waals surface area contributed by atoms with Crippen molar-refractivity contribution >= 4 is 35.2 Å². The summed E-state index contributed by atoms with van der Waals surface area (Å²) in [6.07, 6.45) is 5.38. The highest BCUT2D eigenvalue weighted by molar-refractivity contribution is 7.99. The van der Waals surface area contributed by atoms with Crippen LogP contribution in [0.1, 0.15) is 26.7 Å². The summed E-state index contributed by atoms with van der Waals surface area (Å²) in [6, 6.07) is 0. The second kappa shape index (κ2) is 10.8. The summed E-state index contributed by atoms with van der Waals surface area (Å²) in [4.78, 5) is 42.1. The molecular weight excluding hydrogens is 400 g/mol. The lowest BCUT2D eigenvalue weighted by atomic mass is 9.95. The fourth-order valence-electron chi connectivity index (χ4n) is 4.06. The minimum atomic E-state index is -0.0261. The summed E-state index contributed by atoms with van der Waals surface area (Å²) in [5.74, 6) is 3.12. The van der Waals surface area contributed by atoms with E-state index in [1.165, 1.54) is 0 Å². The number of carbonyl (C=O) groups excluding carboxylic acids is 2. The number of nitrogens with zero attached hydrogens (tertiary/aromatic N) is 6. The maximum Gasteiger partial charge on any atom is 0.242 e. The first-order valence-electron chi connectivity index (χ1n) is 11.0. The topological polar surface area (TPSA) is 72.9 Å². The molecule has 8 nitrogen and oxygen atoms in total. The molecule has 0 bridgehead atoms. The minimum Gasteiger partial charge on any atom is -0.369 e. The Morgan fingerprint density at radius 3 is 2.20 bits per heavy atom. The molecule has 3 heterocycles. The van der Waals surface area contributed by atoms with Crippen LogP contribution >= 0.6 is 11.8 Å². The summed E-state index contributed by atoms with van der Waals surface area (Å²) < 4.78 is 0. The van der Waals surface area contributed by atoms with Gasteiger partial charge in [0.05, 0.1) is 24.6 Å². The molecule has 1 aromatic heterocycles. The number of thioether (sulfide) groups is 1. The van der Waals surface area contributed by atoms with Crippen LogP contribution in [0.25, 0.3) is 0 Å². The zero-order valence-corrected chi connectivity index (χ0v) is 19.2. The molecule has 2 fully saturated rings. The summed E-state index contributed by atoms with van der Waals surface area (Å²) in [6.45, 7) is 9.03.